The summed E-state index contributed by atoms with van der Waals surface area (Å²) in [6.07, 6.45) is 0. The zero-order chi connectivity index (χ0) is 14.3. The van der Waals surface area contributed by atoms with Crippen molar-refractivity contribution in [3.8, 4) is 0 Å². The van der Waals surface area contributed by atoms with Gasteiger partial charge >= 0.3 is 698 Å². The van der Waals surface area contributed by atoms with Gasteiger partial charge in [-0.25, -0.2) is 0 Å². The van der Waals surface area contributed by atoms with Crippen molar-refractivity contribution < 1.29 is 759 Å². The molecule has 0 saturated carbocycles. The minimum Gasteiger partial charge on any atom is -0.907 e. The van der Waals surface area contributed by atoms with Crippen molar-refractivity contribution in [1.82, 2.24) is 0 Å². The molecule has 0 fully saturated rings. The maximum Gasteiger partial charge on any atom is 1.00 e. The van der Waals surface area contributed by atoms with E-state index in [0.717, 1.165) is 0 Å². The normalized spacial score (nSPS) is 3.86. The van der Waals surface area contributed by atoms with Crippen molar-refractivity contribution in [2.24, 2.45) is 0 Å². The first-order valence-corrected chi connectivity index (χ1v) is 2.83. The Morgan fingerprint density at radius 2 is 0.179 bits per heavy atom. The van der Waals surface area contributed by atoms with E-state index in [9.17, 15) is 0 Å². The van der Waals surface area contributed by atoms with Crippen LogP contribution in [0.1, 0.15) is 0 Å². The fourth-order valence-corrected chi connectivity index (χ4v) is 0. The largest absolute Gasteiger partial charge is 1.00 e. The van der Waals surface area contributed by atoms with Crippen LogP contribution in [0.25, 0.3) is 0 Å². The zero-order valence-corrected chi connectivity index (χ0v) is 78.2. The molecule has 0 aliphatic carbocycles. The molecule has 0 amide bonds. The van der Waals surface area contributed by atoms with Crippen molar-refractivity contribution in [2.45, 2.75) is 0 Å². The molecule has 0 N–H and O–H groups in total. The maximum absolute atomic E-state index is 8.42. The van der Waals surface area contributed by atoms with Crippen molar-refractivity contribution in [2.75, 3.05) is 0 Å². The standard InChI is InChI=1S/4BO3.12Rb/c4*2-1(3)4;;;;;;;;;;;;/q4*-3;12*+1. The monoisotopic (exact) mass is 1250 g/mol. The third-order valence-corrected chi connectivity index (χ3v) is 0. The third kappa shape index (κ3) is 223. The summed E-state index contributed by atoms with van der Waals surface area (Å²) in [7, 11) is -11.7. The molecule has 0 rings (SSSR count). The Labute approximate surface area is 754 Å². The molecule has 0 spiro atoms. The van der Waals surface area contributed by atoms with Crippen molar-refractivity contribution >= 4 is 29.3 Å². The second kappa shape index (κ2) is 97.5. The molecular formula is B4O12Rb12. The van der Waals surface area contributed by atoms with E-state index in [2.05, 4.69) is 0 Å². The van der Waals surface area contributed by atoms with Gasteiger partial charge in [0.15, 0.2) is 0 Å². The Bertz CT molecular complexity index is 83.6. The molecule has 0 unspecified atom stereocenters. The van der Waals surface area contributed by atoms with Crippen LogP contribution in [0.2, 0.25) is 0 Å². The molecule has 0 aliphatic heterocycles. The average Bonchev–Trinajstić information content (AvgIpc) is 1.76. The van der Waals surface area contributed by atoms with Gasteiger partial charge in [-0.05, 0) is 0 Å². The first-order valence-electron chi connectivity index (χ1n) is 2.83. The second-order valence-corrected chi connectivity index (χ2v) is 1.15. The molecular weight excluding hydrogens is 1260 g/mol. The first kappa shape index (κ1) is 104. The summed E-state index contributed by atoms with van der Waals surface area (Å²) in [6.45, 7) is 0. The summed E-state index contributed by atoms with van der Waals surface area (Å²) in [5, 5.41) is 101. The summed E-state index contributed by atoms with van der Waals surface area (Å²) < 4.78 is 0. The maximum atomic E-state index is 8.42. The molecule has 0 aromatic carbocycles. The molecule has 0 aromatic rings. The molecule has 0 heterocycles. The van der Waals surface area contributed by atoms with Crippen molar-refractivity contribution in [3.05, 3.63) is 0 Å². The van der Waals surface area contributed by atoms with Crippen LogP contribution in [0.4, 0.5) is 0 Å². The first-order chi connectivity index (χ1) is 6.93. The molecule has 0 aliphatic rings. The van der Waals surface area contributed by atoms with Crippen LogP contribution in [0.5, 0.6) is 0 Å². The van der Waals surface area contributed by atoms with E-state index < -0.39 is 29.3 Å². The summed E-state index contributed by atoms with van der Waals surface area (Å²) in [4.78, 5) is 0. The molecule has 0 radical (unpaired) electrons. The Hall–Kier alpha value is 21.4. The molecule has 0 atom stereocenters. The van der Waals surface area contributed by atoms with Crippen LogP contribution in [0, 0.1) is 0 Å². The Morgan fingerprint density at radius 3 is 0.179 bits per heavy atom. The molecule has 0 aromatic heterocycles. The van der Waals surface area contributed by atoms with Gasteiger partial charge in [-0.15, -0.1) is 0 Å². The molecule has 0 bridgehead atoms. The smallest absolute Gasteiger partial charge is 0.907 e. The van der Waals surface area contributed by atoms with E-state index >= 15 is 0 Å². The van der Waals surface area contributed by atoms with E-state index in [1.54, 1.807) is 0 Å². The summed E-state index contributed by atoms with van der Waals surface area (Å²) >= 11 is 0. The third-order valence-electron chi connectivity index (χ3n) is 0. The predicted octanol–water partition coefficient (Wildman–Crippen LogP) is -51.7. The molecule has 28 heteroatoms. The van der Waals surface area contributed by atoms with Crippen LogP contribution in [-0.4, -0.2) is 29.3 Å². The minimum atomic E-state index is -2.92. The summed E-state index contributed by atoms with van der Waals surface area (Å²) in [5.41, 5.74) is 0. The van der Waals surface area contributed by atoms with E-state index in [1.807, 2.05) is 0 Å². The Kier molecular flexibility index (Phi) is 361. The van der Waals surface area contributed by atoms with Crippen molar-refractivity contribution in [3.63, 3.8) is 0 Å². The van der Waals surface area contributed by atoms with Crippen LogP contribution in [-0.2, 0) is 0 Å². The van der Waals surface area contributed by atoms with Gasteiger partial charge in [-0.3, -0.25) is 29.3 Å². The molecule has 28 heavy (non-hydrogen) atoms. The Balaban J connectivity index is -0.00000000429. The van der Waals surface area contributed by atoms with Gasteiger partial charge in [0.25, 0.3) is 0 Å². The average molecular weight is 1260 g/mol. The van der Waals surface area contributed by atoms with E-state index in [-0.39, 0.29) is 698 Å². The van der Waals surface area contributed by atoms with Crippen LogP contribution in [0.15, 0.2) is 0 Å². The molecule has 0 saturated heterocycles. The van der Waals surface area contributed by atoms with Crippen LogP contribution in [0.3, 0.4) is 0 Å². The van der Waals surface area contributed by atoms with Crippen LogP contribution >= 0.6 is 0 Å². The minimum absolute atomic E-state index is 0. The SMILES string of the molecule is [O-]B([O-])[O-].[O-]B([O-])[O-].[O-]B([O-])[O-].[O-]B([O-])[O-].[Rb+].[Rb+].[Rb+].[Rb+].[Rb+].[Rb+].[Rb+].[Rb+].[Rb+].[Rb+].[Rb+].[Rb+]. The quantitative estimate of drug-likeness (QED) is 0.205. The van der Waals surface area contributed by atoms with Gasteiger partial charge in [-0.2, -0.15) is 0 Å². The van der Waals surface area contributed by atoms with Gasteiger partial charge < -0.3 is 60.3 Å². The van der Waals surface area contributed by atoms with E-state index in [4.69, 9.17) is 60.3 Å². The van der Waals surface area contributed by atoms with Gasteiger partial charge in [0, 0.05) is 0 Å². The van der Waals surface area contributed by atoms with Gasteiger partial charge in [0.2, 0.25) is 0 Å². The molecule has 96 valence electrons. The van der Waals surface area contributed by atoms with Gasteiger partial charge in [0.1, 0.15) is 0 Å². The number of rotatable bonds is 0. The number of hydrogen-bond acceptors (Lipinski definition) is 12. The van der Waals surface area contributed by atoms with Crippen LogP contribution < -0.4 is 759 Å². The zero-order valence-electron chi connectivity index (χ0n) is 19.2. The fraction of sp³-hybridized carbons (Fsp3) is 0. The van der Waals surface area contributed by atoms with Crippen molar-refractivity contribution in [1.29, 1.82) is 0 Å². The van der Waals surface area contributed by atoms with E-state index in [1.165, 1.54) is 0 Å². The number of hydrogen-bond donors (Lipinski definition) is 0. The second-order valence-electron chi connectivity index (χ2n) is 1.15. The predicted molar refractivity (Wildman–Crippen MR) is 23.0 cm³/mol. The van der Waals surface area contributed by atoms with Gasteiger partial charge in [-0.1, -0.05) is 0 Å². The van der Waals surface area contributed by atoms with Gasteiger partial charge in [0.05, 0.1) is 0 Å². The summed E-state index contributed by atoms with van der Waals surface area (Å²) in [6, 6.07) is 0. The topological polar surface area (TPSA) is 277 Å². The Morgan fingerprint density at radius 1 is 0.179 bits per heavy atom. The summed E-state index contributed by atoms with van der Waals surface area (Å²) in [5.74, 6) is 0. The molecule has 12 nitrogen and oxygen atoms in total. The van der Waals surface area contributed by atoms with E-state index in [0.29, 0.717) is 0 Å². The fourth-order valence-electron chi connectivity index (χ4n) is 0.